The van der Waals surface area contributed by atoms with E-state index < -0.39 is 0 Å². The van der Waals surface area contributed by atoms with Crippen LogP contribution in [0.15, 0.2) is 12.1 Å². The molecule has 0 aliphatic rings. The topological polar surface area (TPSA) is 20.2 Å². The van der Waals surface area contributed by atoms with Crippen LogP contribution in [0.5, 0.6) is 5.75 Å². The fourth-order valence-corrected chi connectivity index (χ4v) is 1.33. The molecule has 66 valence electrons. The van der Waals surface area contributed by atoms with E-state index in [1.54, 1.807) is 0 Å². The first kappa shape index (κ1) is 9.11. The molecule has 0 unspecified atom stereocenters. The molecular weight excluding hydrogens is 148 g/mol. The summed E-state index contributed by atoms with van der Waals surface area (Å²) in [6.07, 6.45) is 2.04. The molecule has 1 aromatic carbocycles. The van der Waals surface area contributed by atoms with Gasteiger partial charge in [0, 0.05) is 0 Å². The molecule has 12 heavy (non-hydrogen) atoms. The standard InChI is InChI=1S/C11H16O/c1-4-5-10-6-8(2)9(3)7-11(10)12/h6-7,12H,4-5H2,1-3H3. The third-order valence-electron chi connectivity index (χ3n) is 2.21. The van der Waals surface area contributed by atoms with Gasteiger partial charge in [0.2, 0.25) is 0 Å². The highest BCUT2D eigenvalue weighted by Gasteiger charge is 2.02. The van der Waals surface area contributed by atoms with Crippen LogP contribution < -0.4 is 0 Å². The maximum atomic E-state index is 9.55. The van der Waals surface area contributed by atoms with Gasteiger partial charge in [-0.2, -0.15) is 0 Å². The first-order chi connectivity index (χ1) is 5.65. The molecule has 0 aromatic heterocycles. The lowest BCUT2D eigenvalue weighted by molar-refractivity contribution is 0.467. The molecule has 0 heterocycles. The average molecular weight is 164 g/mol. The van der Waals surface area contributed by atoms with Crippen LogP contribution in [0.25, 0.3) is 0 Å². The van der Waals surface area contributed by atoms with Crippen LogP contribution >= 0.6 is 0 Å². The minimum absolute atomic E-state index is 0.444. The van der Waals surface area contributed by atoms with Crippen LogP contribution in [0.3, 0.4) is 0 Å². The highest BCUT2D eigenvalue weighted by atomic mass is 16.3. The molecule has 0 aliphatic heterocycles. The van der Waals surface area contributed by atoms with Crippen molar-refractivity contribution < 1.29 is 5.11 Å². The molecule has 0 radical (unpaired) electrons. The van der Waals surface area contributed by atoms with E-state index in [1.807, 2.05) is 13.0 Å². The summed E-state index contributed by atoms with van der Waals surface area (Å²) < 4.78 is 0. The molecular formula is C11H16O. The molecule has 1 N–H and O–H groups in total. The Bertz CT molecular complexity index is 277. The number of rotatable bonds is 2. The molecule has 0 aliphatic carbocycles. The summed E-state index contributed by atoms with van der Waals surface area (Å²) in [5.74, 6) is 0.444. The number of hydrogen-bond donors (Lipinski definition) is 1. The molecule has 0 spiro atoms. The summed E-state index contributed by atoms with van der Waals surface area (Å²) in [6, 6.07) is 3.93. The van der Waals surface area contributed by atoms with Crippen molar-refractivity contribution in [2.45, 2.75) is 33.6 Å². The van der Waals surface area contributed by atoms with Crippen molar-refractivity contribution in [1.29, 1.82) is 0 Å². The summed E-state index contributed by atoms with van der Waals surface area (Å²) in [6.45, 7) is 6.22. The fraction of sp³-hybridized carbons (Fsp3) is 0.455. The number of phenols is 1. The third kappa shape index (κ3) is 1.79. The number of phenolic OH excluding ortho intramolecular Hbond substituents is 1. The Hall–Kier alpha value is -0.980. The average Bonchev–Trinajstić information content (AvgIpc) is 2.01. The lowest BCUT2D eigenvalue weighted by Gasteiger charge is -2.06. The Morgan fingerprint density at radius 1 is 1.17 bits per heavy atom. The zero-order valence-corrected chi connectivity index (χ0v) is 8.02. The molecule has 0 saturated heterocycles. The van der Waals surface area contributed by atoms with Crippen LogP contribution in [0.1, 0.15) is 30.0 Å². The van der Waals surface area contributed by atoms with Gasteiger partial charge in [-0.05, 0) is 43.0 Å². The minimum atomic E-state index is 0.444. The van der Waals surface area contributed by atoms with Crippen LogP contribution in [0.2, 0.25) is 0 Å². The first-order valence-electron chi connectivity index (χ1n) is 4.44. The maximum Gasteiger partial charge on any atom is 0.119 e. The van der Waals surface area contributed by atoms with Gasteiger partial charge >= 0.3 is 0 Å². The lowest BCUT2D eigenvalue weighted by atomic mass is 10.0. The molecule has 1 aromatic rings. The normalized spacial score (nSPS) is 10.2. The van der Waals surface area contributed by atoms with Gasteiger partial charge in [-0.15, -0.1) is 0 Å². The highest BCUT2D eigenvalue weighted by molar-refractivity contribution is 5.40. The summed E-state index contributed by atoms with van der Waals surface area (Å²) in [5, 5.41) is 9.55. The largest absolute Gasteiger partial charge is 0.508 e. The van der Waals surface area contributed by atoms with Crippen molar-refractivity contribution in [3.63, 3.8) is 0 Å². The number of benzene rings is 1. The smallest absolute Gasteiger partial charge is 0.119 e. The van der Waals surface area contributed by atoms with E-state index in [4.69, 9.17) is 0 Å². The van der Waals surface area contributed by atoms with E-state index in [0.29, 0.717) is 5.75 Å². The summed E-state index contributed by atoms with van der Waals surface area (Å²) in [7, 11) is 0. The van der Waals surface area contributed by atoms with Crippen molar-refractivity contribution in [1.82, 2.24) is 0 Å². The molecule has 1 heteroatoms. The maximum absolute atomic E-state index is 9.55. The van der Waals surface area contributed by atoms with Crippen LogP contribution in [-0.4, -0.2) is 5.11 Å². The van der Waals surface area contributed by atoms with Gasteiger partial charge in [0.15, 0.2) is 0 Å². The summed E-state index contributed by atoms with van der Waals surface area (Å²) in [5.41, 5.74) is 3.49. The second-order valence-electron chi connectivity index (χ2n) is 3.32. The second-order valence-corrected chi connectivity index (χ2v) is 3.32. The van der Waals surface area contributed by atoms with Crippen molar-refractivity contribution in [2.75, 3.05) is 0 Å². The Morgan fingerprint density at radius 3 is 2.33 bits per heavy atom. The van der Waals surface area contributed by atoms with E-state index in [-0.39, 0.29) is 0 Å². The number of hydrogen-bond acceptors (Lipinski definition) is 1. The van der Waals surface area contributed by atoms with Crippen molar-refractivity contribution in [3.8, 4) is 5.75 Å². The van der Waals surface area contributed by atoms with Gasteiger partial charge in [0.25, 0.3) is 0 Å². The first-order valence-corrected chi connectivity index (χ1v) is 4.44. The van der Waals surface area contributed by atoms with Gasteiger partial charge in [0.05, 0.1) is 0 Å². The summed E-state index contributed by atoms with van der Waals surface area (Å²) in [4.78, 5) is 0. The van der Waals surface area contributed by atoms with E-state index in [2.05, 4.69) is 19.9 Å². The second kappa shape index (κ2) is 3.61. The van der Waals surface area contributed by atoms with Crippen molar-refractivity contribution in [2.24, 2.45) is 0 Å². The van der Waals surface area contributed by atoms with Crippen LogP contribution in [0, 0.1) is 13.8 Å². The van der Waals surface area contributed by atoms with Crippen LogP contribution in [-0.2, 0) is 6.42 Å². The predicted octanol–water partition coefficient (Wildman–Crippen LogP) is 2.96. The Kier molecular flexibility index (Phi) is 2.74. The van der Waals surface area contributed by atoms with Gasteiger partial charge in [0.1, 0.15) is 5.75 Å². The zero-order valence-electron chi connectivity index (χ0n) is 8.02. The van der Waals surface area contributed by atoms with Gasteiger partial charge in [-0.1, -0.05) is 19.4 Å². The monoisotopic (exact) mass is 164 g/mol. The fourth-order valence-electron chi connectivity index (χ4n) is 1.33. The molecule has 0 bridgehead atoms. The Balaban J connectivity index is 3.05. The lowest BCUT2D eigenvalue weighted by Crippen LogP contribution is -1.88. The SMILES string of the molecule is CCCc1cc(C)c(C)cc1O. The van der Waals surface area contributed by atoms with E-state index in [0.717, 1.165) is 24.0 Å². The summed E-state index contributed by atoms with van der Waals surface area (Å²) >= 11 is 0. The number of aromatic hydroxyl groups is 1. The molecule has 1 nitrogen and oxygen atoms in total. The molecule has 1 rings (SSSR count). The predicted molar refractivity (Wildman–Crippen MR) is 51.6 cm³/mol. The quantitative estimate of drug-likeness (QED) is 0.712. The molecule has 0 fully saturated rings. The third-order valence-corrected chi connectivity index (χ3v) is 2.21. The highest BCUT2D eigenvalue weighted by Crippen LogP contribution is 2.22. The Labute approximate surface area is 74.1 Å². The van der Waals surface area contributed by atoms with Gasteiger partial charge in [-0.25, -0.2) is 0 Å². The zero-order chi connectivity index (χ0) is 9.14. The Morgan fingerprint density at radius 2 is 1.75 bits per heavy atom. The number of aryl methyl sites for hydroxylation is 3. The molecule has 0 saturated carbocycles. The van der Waals surface area contributed by atoms with Crippen molar-refractivity contribution >= 4 is 0 Å². The molecule has 0 atom stereocenters. The van der Waals surface area contributed by atoms with Gasteiger partial charge < -0.3 is 5.11 Å². The minimum Gasteiger partial charge on any atom is -0.508 e. The van der Waals surface area contributed by atoms with Crippen molar-refractivity contribution in [3.05, 3.63) is 28.8 Å². The van der Waals surface area contributed by atoms with E-state index >= 15 is 0 Å². The van der Waals surface area contributed by atoms with Gasteiger partial charge in [-0.3, -0.25) is 0 Å². The molecule has 0 amide bonds. The van der Waals surface area contributed by atoms with E-state index in [1.165, 1.54) is 5.56 Å². The van der Waals surface area contributed by atoms with E-state index in [9.17, 15) is 5.11 Å². The van der Waals surface area contributed by atoms with Crippen LogP contribution in [0.4, 0.5) is 0 Å².